The second-order valence-electron chi connectivity index (χ2n) is 8.31. The molecule has 1 saturated heterocycles. The Morgan fingerprint density at radius 2 is 1.81 bits per heavy atom. The Balaban J connectivity index is 1.53. The highest BCUT2D eigenvalue weighted by atomic mass is 19.1. The topological polar surface area (TPSA) is 67.4 Å². The van der Waals surface area contributed by atoms with Gasteiger partial charge in [0.05, 0.1) is 5.41 Å². The Bertz CT molecular complexity index is 574. The first-order chi connectivity index (χ1) is 13.1. The number of ether oxygens (including phenoxy) is 1. The third kappa shape index (κ3) is 4.71. The van der Waals surface area contributed by atoms with E-state index < -0.39 is 11.6 Å². The van der Waals surface area contributed by atoms with E-state index in [-0.39, 0.29) is 17.7 Å². The van der Waals surface area contributed by atoms with Gasteiger partial charge in [-0.15, -0.1) is 0 Å². The molecule has 3 fully saturated rings. The molecule has 0 aromatic carbocycles. The maximum Gasteiger partial charge on any atom is 0.227 e. The van der Waals surface area contributed by atoms with Gasteiger partial charge in [-0.2, -0.15) is 0 Å². The van der Waals surface area contributed by atoms with Gasteiger partial charge in [-0.3, -0.25) is 9.59 Å². The highest BCUT2D eigenvalue weighted by Crippen LogP contribution is 2.37. The lowest BCUT2D eigenvalue weighted by molar-refractivity contribution is -0.137. The molecule has 5 nitrogen and oxygen atoms in total. The molecule has 0 aromatic heterocycles. The Hall–Kier alpha value is -1.43. The molecular weight excluding hydrogens is 347 g/mol. The predicted molar refractivity (Wildman–Crippen MR) is 102 cm³/mol. The normalized spacial score (nSPS) is 28.5. The summed E-state index contributed by atoms with van der Waals surface area (Å²) >= 11 is 0. The van der Waals surface area contributed by atoms with Crippen molar-refractivity contribution in [3.63, 3.8) is 0 Å². The Labute approximate surface area is 161 Å². The number of hydrogen-bond donors (Lipinski definition) is 2. The first kappa shape index (κ1) is 20.3. The molecule has 1 heterocycles. The molecule has 3 rings (SSSR count). The summed E-state index contributed by atoms with van der Waals surface area (Å²) < 4.78 is 19.6. The number of carbonyl (C=O) groups excluding carboxylic acids is 2. The summed E-state index contributed by atoms with van der Waals surface area (Å²) in [4.78, 5) is 25.0. The lowest BCUT2D eigenvalue weighted by atomic mass is 9.78. The number of allylic oxidation sites excluding steroid dienone is 2. The predicted octanol–water partition coefficient (Wildman–Crippen LogP) is 3.04. The van der Waals surface area contributed by atoms with E-state index >= 15 is 0 Å². The molecule has 6 heteroatoms. The smallest absolute Gasteiger partial charge is 0.227 e. The van der Waals surface area contributed by atoms with E-state index in [4.69, 9.17) is 4.74 Å². The van der Waals surface area contributed by atoms with Crippen LogP contribution in [0.2, 0.25) is 0 Å². The minimum atomic E-state index is -0.764. The first-order valence-electron chi connectivity index (χ1n) is 10.5. The van der Waals surface area contributed by atoms with Gasteiger partial charge < -0.3 is 15.4 Å². The van der Waals surface area contributed by atoms with Crippen molar-refractivity contribution in [1.82, 2.24) is 10.6 Å². The average Bonchev–Trinajstić information content (AvgIpc) is 2.72. The molecule has 0 spiro atoms. The zero-order chi connectivity index (χ0) is 19.3. The van der Waals surface area contributed by atoms with Gasteiger partial charge in [0.15, 0.2) is 0 Å². The van der Waals surface area contributed by atoms with Gasteiger partial charge in [-0.05, 0) is 69.8 Å². The van der Waals surface area contributed by atoms with Gasteiger partial charge in [0.25, 0.3) is 0 Å². The third-order valence-corrected chi connectivity index (χ3v) is 6.71. The SMILES string of the molecule is CNC(=O)C1(CNC(=O)C2CCC(=C3CCCCC3F)CC2)CCOCC1. The zero-order valence-electron chi connectivity index (χ0n) is 16.4. The lowest BCUT2D eigenvalue weighted by Crippen LogP contribution is -2.51. The van der Waals surface area contributed by atoms with Gasteiger partial charge in [-0.1, -0.05) is 5.57 Å². The van der Waals surface area contributed by atoms with Crippen LogP contribution in [-0.2, 0) is 14.3 Å². The van der Waals surface area contributed by atoms with Crippen molar-refractivity contribution in [1.29, 1.82) is 0 Å². The zero-order valence-corrected chi connectivity index (χ0v) is 16.4. The average molecular weight is 381 g/mol. The fourth-order valence-electron chi connectivity index (χ4n) is 4.83. The summed E-state index contributed by atoms with van der Waals surface area (Å²) in [6.07, 6.45) is 7.37. The van der Waals surface area contributed by atoms with Crippen LogP contribution in [0.25, 0.3) is 0 Å². The quantitative estimate of drug-likeness (QED) is 0.737. The summed E-state index contributed by atoms with van der Waals surface area (Å²) in [6.45, 7) is 1.47. The van der Waals surface area contributed by atoms with E-state index in [0.29, 0.717) is 39.0 Å². The van der Waals surface area contributed by atoms with Crippen LogP contribution in [-0.4, -0.2) is 44.8 Å². The Morgan fingerprint density at radius 3 is 2.44 bits per heavy atom. The summed E-state index contributed by atoms with van der Waals surface area (Å²) in [5.41, 5.74) is 1.73. The van der Waals surface area contributed by atoms with E-state index in [2.05, 4.69) is 10.6 Å². The van der Waals surface area contributed by atoms with Crippen molar-refractivity contribution >= 4 is 11.8 Å². The van der Waals surface area contributed by atoms with E-state index in [1.54, 1.807) is 7.05 Å². The van der Waals surface area contributed by atoms with Crippen molar-refractivity contribution in [2.24, 2.45) is 11.3 Å². The number of halogens is 1. The Kier molecular flexibility index (Phi) is 6.90. The van der Waals surface area contributed by atoms with E-state index in [1.807, 2.05) is 0 Å². The van der Waals surface area contributed by atoms with Crippen molar-refractivity contribution in [3.05, 3.63) is 11.1 Å². The van der Waals surface area contributed by atoms with Crippen LogP contribution in [0.3, 0.4) is 0 Å². The molecule has 1 unspecified atom stereocenters. The van der Waals surface area contributed by atoms with Crippen molar-refractivity contribution in [2.75, 3.05) is 26.8 Å². The number of carbonyl (C=O) groups is 2. The molecule has 0 aromatic rings. The minimum absolute atomic E-state index is 0.0203. The molecule has 152 valence electrons. The lowest BCUT2D eigenvalue weighted by Gasteiger charge is -2.36. The van der Waals surface area contributed by atoms with Gasteiger partial charge in [0.2, 0.25) is 11.8 Å². The van der Waals surface area contributed by atoms with Gasteiger partial charge in [0.1, 0.15) is 6.17 Å². The second kappa shape index (κ2) is 9.18. The molecule has 2 N–H and O–H groups in total. The fourth-order valence-corrected chi connectivity index (χ4v) is 4.83. The molecule has 1 atom stereocenters. The number of nitrogens with one attached hydrogen (secondary N) is 2. The van der Waals surface area contributed by atoms with Crippen LogP contribution in [0.5, 0.6) is 0 Å². The number of amides is 2. The molecule has 27 heavy (non-hydrogen) atoms. The van der Waals surface area contributed by atoms with Gasteiger partial charge in [0, 0.05) is 32.7 Å². The monoisotopic (exact) mass is 380 g/mol. The van der Waals surface area contributed by atoms with Crippen molar-refractivity contribution < 1.29 is 18.7 Å². The molecule has 1 aliphatic heterocycles. The largest absolute Gasteiger partial charge is 0.381 e. The number of rotatable bonds is 4. The molecule has 0 radical (unpaired) electrons. The molecule has 2 aliphatic carbocycles. The molecular formula is C21H33FN2O3. The second-order valence-corrected chi connectivity index (χ2v) is 8.31. The van der Waals surface area contributed by atoms with Gasteiger partial charge in [-0.25, -0.2) is 4.39 Å². The van der Waals surface area contributed by atoms with Crippen LogP contribution in [0.15, 0.2) is 11.1 Å². The first-order valence-corrected chi connectivity index (χ1v) is 10.5. The van der Waals surface area contributed by atoms with E-state index in [0.717, 1.165) is 50.5 Å². The van der Waals surface area contributed by atoms with Crippen LogP contribution < -0.4 is 10.6 Å². The minimum Gasteiger partial charge on any atom is -0.381 e. The van der Waals surface area contributed by atoms with Crippen molar-refractivity contribution in [2.45, 2.75) is 70.4 Å². The van der Waals surface area contributed by atoms with Crippen LogP contribution in [0, 0.1) is 11.3 Å². The molecule has 0 bridgehead atoms. The van der Waals surface area contributed by atoms with E-state index in [1.165, 1.54) is 5.57 Å². The fraction of sp³-hybridized carbons (Fsp3) is 0.810. The standard InChI is InChI=1S/C21H33FN2O3/c1-23-20(26)21(10-12-27-13-11-21)14-24-19(25)16-8-6-15(7-9-16)17-4-2-3-5-18(17)22/h16,18H,2-14H2,1H3,(H,23,26)(H,24,25). The third-order valence-electron chi connectivity index (χ3n) is 6.71. The molecule has 2 saturated carbocycles. The maximum atomic E-state index is 14.2. The van der Waals surface area contributed by atoms with Crippen LogP contribution in [0.4, 0.5) is 4.39 Å². The summed E-state index contributed by atoms with van der Waals surface area (Å²) in [6, 6.07) is 0. The summed E-state index contributed by atoms with van der Waals surface area (Å²) in [5, 5.41) is 5.77. The maximum absolute atomic E-state index is 14.2. The van der Waals surface area contributed by atoms with Crippen LogP contribution in [0.1, 0.15) is 64.2 Å². The van der Waals surface area contributed by atoms with E-state index in [9.17, 15) is 14.0 Å². The summed E-state index contributed by atoms with van der Waals surface area (Å²) in [7, 11) is 1.64. The molecule has 2 amide bonds. The van der Waals surface area contributed by atoms with Crippen molar-refractivity contribution in [3.8, 4) is 0 Å². The Morgan fingerprint density at radius 1 is 1.11 bits per heavy atom. The summed E-state index contributed by atoms with van der Waals surface area (Å²) in [5.74, 6) is -0.0140. The molecule has 3 aliphatic rings. The van der Waals surface area contributed by atoms with Crippen LogP contribution >= 0.6 is 0 Å². The highest BCUT2D eigenvalue weighted by molar-refractivity contribution is 5.84. The highest BCUT2D eigenvalue weighted by Gasteiger charge is 2.40. The number of hydrogen-bond acceptors (Lipinski definition) is 3. The van der Waals surface area contributed by atoms with Gasteiger partial charge >= 0.3 is 0 Å². The number of alkyl halides is 1.